The van der Waals surface area contributed by atoms with Gasteiger partial charge >= 0.3 is 0 Å². The van der Waals surface area contributed by atoms with Crippen LogP contribution in [-0.2, 0) is 9.59 Å². The van der Waals surface area contributed by atoms with Gasteiger partial charge in [-0.15, -0.1) is 0 Å². The Labute approximate surface area is 152 Å². The summed E-state index contributed by atoms with van der Waals surface area (Å²) in [7, 11) is 0. The Morgan fingerprint density at radius 2 is 1.88 bits per heavy atom. The van der Waals surface area contributed by atoms with E-state index < -0.39 is 10.2 Å². The molecule has 9 heteroatoms. The topological polar surface area (TPSA) is 114 Å². The number of aliphatic imine (C=N–C) groups is 1. The minimum atomic E-state index is -0.638. The highest BCUT2D eigenvalue weighted by molar-refractivity contribution is 8.15. The summed E-state index contributed by atoms with van der Waals surface area (Å²) in [4.78, 5) is 38.8. The summed E-state index contributed by atoms with van der Waals surface area (Å²) >= 11 is 1.16. The second-order valence-electron chi connectivity index (χ2n) is 5.40. The number of hydrogen-bond acceptors (Lipinski definition) is 6. The van der Waals surface area contributed by atoms with Gasteiger partial charge in [0.05, 0.1) is 10.6 Å². The van der Waals surface area contributed by atoms with Crippen molar-refractivity contribution >= 4 is 45.8 Å². The van der Waals surface area contributed by atoms with Crippen molar-refractivity contribution in [2.24, 2.45) is 4.99 Å². The largest absolute Gasteiger partial charge is 0.325 e. The molecule has 1 heterocycles. The van der Waals surface area contributed by atoms with Crippen molar-refractivity contribution < 1.29 is 14.5 Å². The van der Waals surface area contributed by atoms with Crippen LogP contribution in [0.5, 0.6) is 0 Å². The number of rotatable bonds is 4. The van der Waals surface area contributed by atoms with Crippen molar-refractivity contribution in [3.8, 4) is 0 Å². The predicted molar refractivity (Wildman–Crippen MR) is 99.4 cm³/mol. The number of benzene rings is 2. The number of carbonyl (C=O) groups is 2. The summed E-state index contributed by atoms with van der Waals surface area (Å²) in [6, 6.07) is 14.6. The number of non-ortho nitro benzene ring substituents is 1. The van der Waals surface area contributed by atoms with Crippen LogP contribution in [0, 0.1) is 10.1 Å². The number of nitro benzene ring substituents is 1. The third kappa shape index (κ3) is 4.45. The molecule has 0 radical (unpaired) electrons. The molecule has 8 nitrogen and oxygen atoms in total. The number of amides is 2. The number of nitrogens with one attached hydrogen (secondary N) is 2. The molecule has 3 rings (SSSR count). The Bertz CT molecular complexity index is 868. The van der Waals surface area contributed by atoms with Crippen LogP contribution in [0.15, 0.2) is 59.6 Å². The molecule has 1 aliphatic heterocycles. The van der Waals surface area contributed by atoms with E-state index >= 15 is 0 Å². The molecule has 2 aromatic rings. The molecule has 0 saturated carbocycles. The zero-order valence-corrected chi connectivity index (χ0v) is 14.2. The molecule has 0 aliphatic carbocycles. The number of nitrogens with zero attached hydrogens (tertiary/aromatic N) is 2. The van der Waals surface area contributed by atoms with E-state index in [9.17, 15) is 19.7 Å². The molecule has 0 bridgehead atoms. The first kappa shape index (κ1) is 17.6. The highest BCUT2D eigenvalue weighted by Gasteiger charge is 2.30. The Balaban J connectivity index is 1.69. The van der Waals surface area contributed by atoms with Crippen molar-refractivity contribution in [3.63, 3.8) is 0 Å². The van der Waals surface area contributed by atoms with E-state index in [2.05, 4.69) is 15.6 Å². The van der Waals surface area contributed by atoms with Gasteiger partial charge < -0.3 is 10.6 Å². The monoisotopic (exact) mass is 370 g/mol. The van der Waals surface area contributed by atoms with Crippen LogP contribution in [0.4, 0.5) is 17.1 Å². The van der Waals surface area contributed by atoms with Crippen LogP contribution < -0.4 is 10.6 Å². The number of hydrogen-bond donors (Lipinski definition) is 2. The molecule has 132 valence electrons. The van der Waals surface area contributed by atoms with Crippen LogP contribution in [0.2, 0.25) is 0 Å². The molecule has 2 N–H and O–H groups in total. The number of anilines is 1. The van der Waals surface area contributed by atoms with Gasteiger partial charge in [0, 0.05) is 24.2 Å². The molecule has 1 saturated heterocycles. The highest BCUT2D eigenvalue weighted by Crippen LogP contribution is 2.25. The third-order valence-corrected chi connectivity index (χ3v) is 4.58. The number of thioether (sulfide) groups is 1. The fourth-order valence-electron chi connectivity index (χ4n) is 2.25. The zero-order valence-electron chi connectivity index (χ0n) is 13.4. The summed E-state index contributed by atoms with van der Waals surface area (Å²) in [6.07, 6.45) is 0.0251. The van der Waals surface area contributed by atoms with E-state index in [0.29, 0.717) is 16.5 Å². The fourth-order valence-corrected chi connectivity index (χ4v) is 3.26. The minimum absolute atomic E-state index is 0.0251. The predicted octanol–water partition coefficient (Wildman–Crippen LogP) is 2.84. The van der Waals surface area contributed by atoms with Gasteiger partial charge in [0.25, 0.3) is 5.69 Å². The van der Waals surface area contributed by atoms with E-state index in [4.69, 9.17) is 0 Å². The molecule has 0 aromatic heterocycles. The van der Waals surface area contributed by atoms with E-state index in [-0.39, 0.29) is 23.9 Å². The summed E-state index contributed by atoms with van der Waals surface area (Å²) in [5.74, 6) is -0.651. The first-order valence-electron chi connectivity index (χ1n) is 7.67. The quantitative estimate of drug-likeness (QED) is 0.634. The molecule has 1 fully saturated rings. The maximum absolute atomic E-state index is 12.4. The van der Waals surface area contributed by atoms with Crippen LogP contribution >= 0.6 is 11.8 Å². The molecular formula is C17H14N4O4S. The molecular weight excluding hydrogens is 356 g/mol. The lowest BCUT2D eigenvalue weighted by Crippen LogP contribution is -2.41. The maximum atomic E-state index is 12.4. The summed E-state index contributed by atoms with van der Waals surface area (Å²) in [6.45, 7) is 0. The zero-order chi connectivity index (χ0) is 18.5. The van der Waals surface area contributed by atoms with E-state index in [1.165, 1.54) is 24.3 Å². The first-order valence-corrected chi connectivity index (χ1v) is 8.55. The fraction of sp³-hybridized carbons (Fsp3) is 0.118. The van der Waals surface area contributed by atoms with Gasteiger partial charge in [0.1, 0.15) is 5.25 Å². The Morgan fingerprint density at radius 3 is 2.54 bits per heavy atom. The first-order chi connectivity index (χ1) is 12.5. The number of para-hydroxylation sites is 1. The van der Waals surface area contributed by atoms with Crippen molar-refractivity contribution in [2.75, 3.05) is 5.32 Å². The van der Waals surface area contributed by atoms with Crippen LogP contribution in [-0.4, -0.2) is 27.2 Å². The third-order valence-electron chi connectivity index (χ3n) is 3.50. The number of nitro groups is 1. The standard InChI is InChI=1S/C17H14N4O4S/c22-15-10-14(26-17(20-15)19-11-4-2-1-3-5-11)16(23)18-12-6-8-13(9-7-12)21(24)25/h1-9,14H,10H2,(H,18,23)(H,19,20,22). The average Bonchev–Trinajstić information content (AvgIpc) is 2.62. The van der Waals surface area contributed by atoms with Gasteiger partial charge in [-0.05, 0) is 24.3 Å². The van der Waals surface area contributed by atoms with Gasteiger partial charge in [-0.1, -0.05) is 30.0 Å². The van der Waals surface area contributed by atoms with Gasteiger partial charge in [-0.2, -0.15) is 0 Å². The molecule has 2 aromatic carbocycles. The molecule has 1 unspecified atom stereocenters. The lowest BCUT2D eigenvalue weighted by molar-refractivity contribution is -0.384. The molecule has 2 amide bonds. The lowest BCUT2D eigenvalue weighted by atomic mass is 10.2. The van der Waals surface area contributed by atoms with E-state index in [1.807, 2.05) is 18.2 Å². The SMILES string of the molecule is O=C1CC(C(=O)Nc2ccc([N+](=O)[O-])cc2)SC(=Nc2ccccc2)N1. The van der Waals surface area contributed by atoms with Gasteiger partial charge in [-0.25, -0.2) is 4.99 Å². The van der Waals surface area contributed by atoms with E-state index in [1.54, 1.807) is 12.1 Å². The second kappa shape index (κ2) is 7.79. The average molecular weight is 370 g/mol. The molecule has 1 aliphatic rings. The smallest absolute Gasteiger partial charge is 0.269 e. The molecule has 1 atom stereocenters. The lowest BCUT2D eigenvalue weighted by Gasteiger charge is -2.22. The van der Waals surface area contributed by atoms with Gasteiger partial charge in [0.2, 0.25) is 11.8 Å². The highest BCUT2D eigenvalue weighted by atomic mass is 32.2. The number of amidine groups is 1. The van der Waals surface area contributed by atoms with Crippen LogP contribution in [0.1, 0.15) is 6.42 Å². The summed E-state index contributed by atoms with van der Waals surface area (Å²) < 4.78 is 0. The van der Waals surface area contributed by atoms with Crippen molar-refractivity contribution in [1.29, 1.82) is 0 Å². The van der Waals surface area contributed by atoms with Crippen molar-refractivity contribution in [3.05, 3.63) is 64.7 Å². The second-order valence-corrected chi connectivity index (χ2v) is 6.60. The summed E-state index contributed by atoms with van der Waals surface area (Å²) in [5.41, 5.74) is 1.03. The Morgan fingerprint density at radius 1 is 1.19 bits per heavy atom. The van der Waals surface area contributed by atoms with Crippen molar-refractivity contribution in [2.45, 2.75) is 11.7 Å². The Kier molecular flexibility index (Phi) is 5.28. The van der Waals surface area contributed by atoms with Crippen LogP contribution in [0.25, 0.3) is 0 Å². The normalized spacial score (nSPS) is 18.2. The summed E-state index contributed by atoms with van der Waals surface area (Å²) in [5, 5.41) is 15.7. The van der Waals surface area contributed by atoms with Gasteiger partial charge in [0.15, 0.2) is 5.17 Å². The minimum Gasteiger partial charge on any atom is -0.325 e. The molecule has 0 spiro atoms. The van der Waals surface area contributed by atoms with Crippen LogP contribution in [0.3, 0.4) is 0 Å². The van der Waals surface area contributed by atoms with E-state index in [0.717, 1.165) is 11.8 Å². The van der Waals surface area contributed by atoms with Crippen molar-refractivity contribution in [1.82, 2.24) is 5.32 Å². The molecule has 26 heavy (non-hydrogen) atoms. The Hall–Kier alpha value is -3.20. The maximum Gasteiger partial charge on any atom is 0.269 e. The van der Waals surface area contributed by atoms with Gasteiger partial charge in [-0.3, -0.25) is 19.7 Å². The number of carbonyl (C=O) groups excluding carboxylic acids is 2.